The van der Waals surface area contributed by atoms with E-state index in [1.165, 1.54) is 0 Å². The number of benzene rings is 1. The van der Waals surface area contributed by atoms with Crippen LogP contribution in [0, 0.1) is 0 Å². The molecule has 1 aliphatic rings. The molecule has 0 saturated carbocycles. The monoisotopic (exact) mass is 352 g/mol. The Balaban J connectivity index is 1.61. The summed E-state index contributed by atoms with van der Waals surface area (Å²) in [6.45, 7) is 2.39. The average Bonchev–Trinajstić information content (AvgIpc) is 3.14. The van der Waals surface area contributed by atoms with Gasteiger partial charge in [0.15, 0.2) is 11.6 Å². The van der Waals surface area contributed by atoms with Gasteiger partial charge in [-0.15, -0.1) is 0 Å². The molecule has 0 spiro atoms. The lowest BCUT2D eigenvalue weighted by molar-refractivity contribution is 0.174. The van der Waals surface area contributed by atoms with Gasteiger partial charge in [-0.05, 0) is 13.0 Å². The van der Waals surface area contributed by atoms with Crippen LogP contribution in [0.1, 0.15) is 23.0 Å². The third-order valence-corrected chi connectivity index (χ3v) is 4.16. The first-order valence-corrected chi connectivity index (χ1v) is 8.53. The molecule has 0 radical (unpaired) electrons. The number of nitrogens with zero attached hydrogens (tertiary/aromatic N) is 4. The molecule has 0 fully saturated rings. The van der Waals surface area contributed by atoms with Crippen molar-refractivity contribution in [1.29, 1.82) is 0 Å². The van der Waals surface area contributed by atoms with Gasteiger partial charge in [0.1, 0.15) is 12.4 Å². The number of rotatable bonds is 6. The van der Waals surface area contributed by atoms with Crippen LogP contribution in [0.15, 0.2) is 34.9 Å². The Morgan fingerprint density at radius 1 is 1.19 bits per heavy atom. The molecule has 2 N–H and O–H groups in total. The van der Waals surface area contributed by atoms with Crippen molar-refractivity contribution < 1.29 is 9.26 Å². The Morgan fingerprint density at radius 2 is 2.08 bits per heavy atom. The maximum absolute atomic E-state index is 5.24. The van der Waals surface area contributed by atoms with E-state index in [9.17, 15) is 0 Å². The lowest BCUT2D eigenvalue weighted by Gasteiger charge is -2.20. The van der Waals surface area contributed by atoms with Crippen LogP contribution in [0.2, 0.25) is 0 Å². The summed E-state index contributed by atoms with van der Waals surface area (Å²) in [4.78, 5) is 13.8. The third kappa shape index (κ3) is 3.56. The van der Waals surface area contributed by atoms with Crippen LogP contribution < -0.4 is 10.6 Å². The van der Waals surface area contributed by atoms with E-state index in [4.69, 9.17) is 19.2 Å². The van der Waals surface area contributed by atoms with Crippen molar-refractivity contribution in [3.05, 3.63) is 53.3 Å². The van der Waals surface area contributed by atoms with Gasteiger partial charge in [-0.25, -0.2) is 9.97 Å². The van der Waals surface area contributed by atoms with E-state index in [-0.39, 0.29) is 0 Å². The van der Waals surface area contributed by atoms with E-state index in [1.54, 1.807) is 7.11 Å². The van der Waals surface area contributed by atoms with Crippen molar-refractivity contribution >= 4 is 5.82 Å². The van der Waals surface area contributed by atoms with E-state index in [1.807, 2.05) is 30.3 Å². The van der Waals surface area contributed by atoms with E-state index in [2.05, 4.69) is 20.8 Å². The SMILES string of the molecule is COCc1noc(CNc2nc(-c3ccccc3)nc3c2CCNC3)n1. The first-order chi connectivity index (χ1) is 12.8. The Labute approximate surface area is 151 Å². The van der Waals surface area contributed by atoms with Crippen molar-refractivity contribution in [1.82, 2.24) is 25.4 Å². The number of aromatic nitrogens is 4. The summed E-state index contributed by atoms with van der Waals surface area (Å²) in [5.74, 6) is 2.56. The molecule has 1 aliphatic heterocycles. The molecule has 0 atom stereocenters. The highest BCUT2D eigenvalue weighted by molar-refractivity contribution is 5.60. The smallest absolute Gasteiger partial charge is 0.246 e. The minimum absolute atomic E-state index is 0.330. The molecule has 0 amide bonds. The predicted octanol–water partition coefficient (Wildman–Crippen LogP) is 1.93. The molecule has 0 unspecified atom stereocenters. The minimum atomic E-state index is 0.330. The Kier molecular flexibility index (Phi) is 4.85. The van der Waals surface area contributed by atoms with Gasteiger partial charge in [0.25, 0.3) is 0 Å². The van der Waals surface area contributed by atoms with E-state index < -0.39 is 0 Å². The Bertz CT molecular complexity index is 881. The number of ether oxygens (including phenoxy) is 1. The number of anilines is 1. The fraction of sp³-hybridized carbons (Fsp3) is 0.333. The molecule has 8 nitrogen and oxygen atoms in total. The second-order valence-electron chi connectivity index (χ2n) is 6.00. The summed E-state index contributed by atoms with van der Waals surface area (Å²) in [5.41, 5.74) is 3.15. The van der Waals surface area contributed by atoms with Gasteiger partial charge in [0.2, 0.25) is 5.89 Å². The molecular formula is C18H20N6O2. The second-order valence-corrected chi connectivity index (χ2v) is 6.00. The molecule has 0 aliphatic carbocycles. The molecule has 8 heteroatoms. The van der Waals surface area contributed by atoms with Crippen LogP contribution in [-0.4, -0.2) is 33.8 Å². The maximum Gasteiger partial charge on any atom is 0.246 e. The van der Waals surface area contributed by atoms with Crippen LogP contribution in [-0.2, 0) is 30.9 Å². The first kappa shape index (κ1) is 16.6. The molecule has 1 aromatic carbocycles. The van der Waals surface area contributed by atoms with Gasteiger partial charge in [-0.1, -0.05) is 35.5 Å². The van der Waals surface area contributed by atoms with Crippen molar-refractivity contribution in [2.24, 2.45) is 0 Å². The normalized spacial score (nSPS) is 13.4. The van der Waals surface area contributed by atoms with Gasteiger partial charge >= 0.3 is 0 Å². The highest BCUT2D eigenvalue weighted by atomic mass is 16.5. The highest BCUT2D eigenvalue weighted by Crippen LogP contribution is 2.25. The van der Waals surface area contributed by atoms with Gasteiger partial charge in [-0.3, -0.25) is 0 Å². The van der Waals surface area contributed by atoms with Crippen molar-refractivity contribution in [2.75, 3.05) is 19.0 Å². The van der Waals surface area contributed by atoms with Crippen LogP contribution >= 0.6 is 0 Å². The molecule has 3 aromatic rings. The van der Waals surface area contributed by atoms with Gasteiger partial charge < -0.3 is 19.9 Å². The highest BCUT2D eigenvalue weighted by Gasteiger charge is 2.18. The Morgan fingerprint density at radius 3 is 2.92 bits per heavy atom. The van der Waals surface area contributed by atoms with Gasteiger partial charge in [0.05, 0.1) is 12.2 Å². The second kappa shape index (κ2) is 7.59. The standard InChI is InChI=1S/C18H20N6O2/c1-25-11-15-22-16(26-24-15)10-20-18-13-7-8-19-9-14(13)21-17(23-18)12-5-3-2-4-6-12/h2-6,19H,7-11H2,1H3,(H,20,21,23). The van der Waals surface area contributed by atoms with Gasteiger partial charge in [0, 0.05) is 24.8 Å². The summed E-state index contributed by atoms with van der Waals surface area (Å²) in [6.07, 6.45) is 0.880. The fourth-order valence-electron chi connectivity index (χ4n) is 2.93. The van der Waals surface area contributed by atoms with E-state index in [0.29, 0.717) is 30.7 Å². The molecule has 26 heavy (non-hydrogen) atoms. The summed E-state index contributed by atoms with van der Waals surface area (Å²) in [5, 5.41) is 10.6. The van der Waals surface area contributed by atoms with Gasteiger partial charge in [-0.2, -0.15) is 4.98 Å². The van der Waals surface area contributed by atoms with E-state index in [0.717, 1.165) is 42.1 Å². The summed E-state index contributed by atoms with van der Waals surface area (Å²) in [6, 6.07) is 9.97. The minimum Gasteiger partial charge on any atom is -0.377 e. The third-order valence-electron chi connectivity index (χ3n) is 4.16. The maximum atomic E-state index is 5.24. The number of hydrogen-bond acceptors (Lipinski definition) is 8. The van der Waals surface area contributed by atoms with Crippen molar-refractivity contribution in [2.45, 2.75) is 26.1 Å². The summed E-state index contributed by atoms with van der Waals surface area (Å²) in [7, 11) is 1.60. The largest absolute Gasteiger partial charge is 0.377 e. The molecule has 134 valence electrons. The zero-order chi connectivity index (χ0) is 17.8. The number of methoxy groups -OCH3 is 1. The molecule has 2 aromatic heterocycles. The number of fused-ring (bicyclic) bond motifs is 1. The van der Waals surface area contributed by atoms with E-state index >= 15 is 0 Å². The van der Waals surface area contributed by atoms with Crippen LogP contribution in [0.3, 0.4) is 0 Å². The Hall–Kier alpha value is -2.84. The molecule has 0 bridgehead atoms. The molecular weight excluding hydrogens is 332 g/mol. The summed E-state index contributed by atoms with van der Waals surface area (Å²) < 4.78 is 10.2. The lowest BCUT2D eigenvalue weighted by atomic mass is 10.1. The molecule has 4 rings (SSSR count). The van der Waals surface area contributed by atoms with Crippen LogP contribution in [0.4, 0.5) is 5.82 Å². The fourth-order valence-corrected chi connectivity index (χ4v) is 2.93. The van der Waals surface area contributed by atoms with Crippen LogP contribution in [0.5, 0.6) is 0 Å². The summed E-state index contributed by atoms with van der Waals surface area (Å²) >= 11 is 0. The predicted molar refractivity (Wildman–Crippen MR) is 95.2 cm³/mol. The number of nitrogens with one attached hydrogen (secondary N) is 2. The molecule has 3 heterocycles. The quantitative estimate of drug-likeness (QED) is 0.694. The van der Waals surface area contributed by atoms with Crippen molar-refractivity contribution in [3.8, 4) is 11.4 Å². The van der Waals surface area contributed by atoms with Crippen molar-refractivity contribution in [3.63, 3.8) is 0 Å². The van der Waals surface area contributed by atoms with Crippen LogP contribution in [0.25, 0.3) is 11.4 Å². The molecule has 0 saturated heterocycles. The first-order valence-electron chi connectivity index (χ1n) is 8.53. The topological polar surface area (TPSA) is 98.0 Å². The number of hydrogen-bond donors (Lipinski definition) is 2. The zero-order valence-corrected chi connectivity index (χ0v) is 14.5. The average molecular weight is 352 g/mol. The lowest BCUT2D eigenvalue weighted by Crippen LogP contribution is -2.26. The zero-order valence-electron chi connectivity index (χ0n) is 14.5.